The molecule has 1 aliphatic heterocycles. The van der Waals surface area contributed by atoms with Crippen LogP contribution in [0.2, 0.25) is 0 Å². The summed E-state index contributed by atoms with van der Waals surface area (Å²) >= 11 is 0. The van der Waals surface area contributed by atoms with E-state index in [4.69, 9.17) is 4.42 Å². The molecular formula is C20H28N2O2. The molecule has 0 radical (unpaired) electrons. The summed E-state index contributed by atoms with van der Waals surface area (Å²) in [6, 6.07) is 13.4. The standard InChI is InChI=1S/C20H28N2O2/c1-16(2)22-11-10-21(15-18(22)9-12-23)14-17-6-3-4-7-19(17)20-8-5-13-24-20/h3-8,13,16,18,23H,9-12,14-15H2,1-2H3/t18-/m1/s1. The molecule has 130 valence electrons. The van der Waals surface area contributed by atoms with Crippen molar-refractivity contribution in [3.8, 4) is 11.3 Å². The van der Waals surface area contributed by atoms with Crippen LogP contribution in [0.25, 0.3) is 11.3 Å². The highest BCUT2D eigenvalue weighted by molar-refractivity contribution is 5.61. The van der Waals surface area contributed by atoms with Gasteiger partial charge in [-0.05, 0) is 38.0 Å². The Hall–Kier alpha value is -1.62. The van der Waals surface area contributed by atoms with Gasteiger partial charge in [-0.25, -0.2) is 0 Å². The van der Waals surface area contributed by atoms with Gasteiger partial charge in [-0.2, -0.15) is 0 Å². The fourth-order valence-electron chi connectivity index (χ4n) is 3.73. The lowest BCUT2D eigenvalue weighted by Crippen LogP contribution is -2.55. The smallest absolute Gasteiger partial charge is 0.134 e. The number of hydrogen-bond donors (Lipinski definition) is 1. The second-order valence-electron chi connectivity index (χ2n) is 6.87. The zero-order chi connectivity index (χ0) is 16.9. The second kappa shape index (κ2) is 7.97. The molecule has 1 N–H and O–H groups in total. The number of rotatable bonds is 6. The summed E-state index contributed by atoms with van der Waals surface area (Å²) in [5.41, 5.74) is 2.47. The van der Waals surface area contributed by atoms with E-state index in [-0.39, 0.29) is 6.61 Å². The minimum atomic E-state index is 0.255. The summed E-state index contributed by atoms with van der Waals surface area (Å²) in [6.07, 6.45) is 2.57. The fraction of sp³-hybridized carbons (Fsp3) is 0.500. The number of benzene rings is 1. The van der Waals surface area contributed by atoms with Crippen molar-refractivity contribution < 1.29 is 9.52 Å². The van der Waals surface area contributed by atoms with Gasteiger partial charge in [-0.15, -0.1) is 0 Å². The predicted octanol–water partition coefficient (Wildman–Crippen LogP) is 3.22. The first kappa shape index (κ1) is 17.2. The van der Waals surface area contributed by atoms with E-state index in [0.29, 0.717) is 12.1 Å². The van der Waals surface area contributed by atoms with Gasteiger partial charge in [0.25, 0.3) is 0 Å². The van der Waals surface area contributed by atoms with E-state index < -0.39 is 0 Å². The maximum Gasteiger partial charge on any atom is 0.134 e. The number of aliphatic hydroxyl groups is 1. The minimum absolute atomic E-state index is 0.255. The molecule has 1 aliphatic rings. The van der Waals surface area contributed by atoms with Crippen LogP contribution in [0.15, 0.2) is 47.1 Å². The van der Waals surface area contributed by atoms with E-state index in [1.807, 2.05) is 12.1 Å². The molecule has 0 bridgehead atoms. The SMILES string of the molecule is CC(C)N1CCN(Cc2ccccc2-c2ccco2)C[C@H]1CCO. The third-order valence-electron chi connectivity index (χ3n) is 4.94. The largest absolute Gasteiger partial charge is 0.464 e. The third kappa shape index (κ3) is 3.89. The molecule has 4 heteroatoms. The van der Waals surface area contributed by atoms with Gasteiger partial charge < -0.3 is 9.52 Å². The van der Waals surface area contributed by atoms with Gasteiger partial charge >= 0.3 is 0 Å². The molecule has 1 aromatic heterocycles. The van der Waals surface area contributed by atoms with E-state index in [2.05, 4.69) is 47.9 Å². The molecule has 1 fully saturated rings. The van der Waals surface area contributed by atoms with Gasteiger partial charge in [0.1, 0.15) is 5.76 Å². The molecule has 0 saturated carbocycles. The zero-order valence-corrected chi connectivity index (χ0v) is 14.7. The highest BCUT2D eigenvalue weighted by Gasteiger charge is 2.28. The van der Waals surface area contributed by atoms with Crippen LogP contribution >= 0.6 is 0 Å². The van der Waals surface area contributed by atoms with Crippen LogP contribution in [0.1, 0.15) is 25.8 Å². The summed E-state index contributed by atoms with van der Waals surface area (Å²) in [5.74, 6) is 0.929. The second-order valence-corrected chi connectivity index (χ2v) is 6.87. The molecule has 24 heavy (non-hydrogen) atoms. The van der Waals surface area contributed by atoms with Crippen molar-refractivity contribution in [3.05, 3.63) is 48.2 Å². The van der Waals surface area contributed by atoms with Crippen molar-refractivity contribution in [2.75, 3.05) is 26.2 Å². The molecule has 4 nitrogen and oxygen atoms in total. The van der Waals surface area contributed by atoms with E-state index >= 15 is 0 Å². The lowest BCUT2D eigenvalue weighted by atomic mass is 10.0. The van der Waals surface area contributed by atoms with Gasteiger partial charge in [-0.1, -0.05) is 24.3 Å². The van der Waals surface area contributed by atoms with Gasteiger partial charge in [-0.3, -0.25) is 9.80 Å². The van der Waals surface area contributed by atoms with Crippen LogP contribution in [-0.4, -0.2) is 53.2 Å². The van der Waals surface area contributed by atoms with E-state index in [9.17, 15) is 5.11 Å². The Balaban J connectivity index is 1.73. The summed E-state index contributed by atoms with van der Waals surface area (Å²) in [7, 11) is 0. The summed E-state index contributed by atoms with van der Waals surface area (Å²) in [4.78, 5) is 5.02. The Kier molecular flexibility index (Phi) is 5.72. The Labute approximate surface area is 144 Å². The lowest BCUT2D eigenvalue weighted by molar-refractivity contribution is 0.0350. The van der Waals surface area contributed by atoms with E-state index in [1.165, 1.54) is 11.1 Å². The molecule has 3 rings (SSSR count). The molecule has 2 heterocycles. The summed E-state index contributed by atoms with van der Waals surface area (Å²) in [6.45, 7) is 8.79. The highest BCUT2D eigenvalue weighted by Crippen LogP contribution is 2.26. The molecule has 1 atom stereocenters. The normalized spacial score (nSPS) is 19.9. The quantitative estimate of drug-likeness (QED) is 0.884. The number of furan rings is 1. The number of piperazine rings is 1. The number of aliphatic hydroxyl groups excluding tert-OH is 1. The maximum atomic E-state index is 9.41. The molecule has 1 saturated heterocycles. The third-order valence-corrected chi connectivity index (χ3v) is 4.94. The average Bonchev–Trinajstić information content (AvgIpc) is 3.10. The van der Waals surface area contributed by atoms with Crippen LogP contribution in [0, 0.1) is 0 Å². The maximum absolute atomic E-state index is 9.41. The van der Waals surface area contributed by atoms with Crippen molar-refractivity contribution >= 4 is 0 Å². The lowest BCUT2D eigenvalue weighted by Gasteiger charge is -2.43. The topological polar surface area (TPSA) is 39.9 Å². The fourth-order valence-corrected chi connectivity index (χ4v) is 3.73. The zero-order valence-electron chi connectivity index (χ0n) is 14.7. The predicted molar refractivity (Wildman–Crippen MR) is 96.8 cm³/mol. The van der Waals surface area contributed by atoms with Crippen molar-refractivity contribution in [1.29, 1.82) is 0 Å². The molecule has 0 aliphatic carbocycles. The first-order valence-corrected chi connectivity index (χ1v) is 8.89. The van der Waals surface area contributed by atoms with Crippen molar-refractivity contribution in [3.63, 3.8) is 0 Å². The average molecular weight is 328 g/mol. The molecule has 0 unspecified atom stereocenters. The first-order chi connectivity index (χ1) is 11.7. The monoisotopic (exact) mass is 328 g/mol. The number of hydrogen-bond acceptors (Lipinski definition) is 4. The summed E-state index contributed by atoms with van der Waals surface area (Å²) in [5, 5.41) is 9.41. The molecule has 1 aromatic carbocycles. The molecule has 0 amide bonds. The molecule has 0 spiro atoms. The molecular weight excluding hydrogens is 300 g/mol. The van der Waals surface area contributed by atoms with Crippen LogP contribution in [0.3, 0.4) is 0 Å². The van der Waals surface area contributed by atoms with Crippen LogP contribution in [0.4, 0.5) is 0 Å². The first-order valence-electron chi connectivity index (χ1n) is 8.89. The van der Waals surface area contributed by atoms with Crippen molar-refractivity contribution in [1.82, 2.24) is 9.80 Å². The van der Waals surface area contributed by atoms with Crippen LogP contribution in [-0.2, 0) is 6.54 Å². The van der Waals surface area contributed by atoms with Gasteiger partial charge in [0.2, 0.25) is 0 Å². The van der Waals surface area contributed by atoms with Crippen LogP contribution in [0.5, 0.6) is 0 Å². The Morgan fingerprint density at radius 1 is 1.17 bits per heavy atom. The van der Waals surface area contributed by atoms with E-state index in [1.54, 1.807) is 6.26 Å². The van der Waals surface area contributed by atoms with Crippen molar-refractivity contribution in [2.24, 2.45) is 0 Å². The Bertz CT molecular complexity index is 624. The van der Waals surface area contributed by atoms with Crippen LogP contribution < -0.4 is 0 Å². The highest BCUT2D eigenvalue weighted by atomic mass is 16.3. The Morgan fingerprint density at radius 3 is 2.71 bits per heavy atom. The van der Waals surface area contributed by atoms with Gasteiger partial charge in [0.05, 0.1) is 6.26 Å². The van der Waals surface area contributed by atoms with Crippen molar-refractivity contribution in [2.45, 2.75) is 38.9 Å². The Morgan fingerprint density at radius 2 is 2.00 bits per heavy atom. The number of nitrogens with zero attached hydrogens (tertiary/aromatic N) is 2. The van der Waals surface area contributed by atoms with Gasteiger partial charge in [0, 0.05) is 50.4 Å². The van der Waals surface area contributed by atoms with Gasteiger partial charge in [0.15, 0.2) is 0 Å². The minimum Gasteiger partial charge on any atom is -0.464 e. The summed E-state index contributed by atoms with van der Waals surface area (Å²) < 4.78 is 5.60. The molecule has 2 aromatic rings. The van der Waals surface area contributed by atoms with E-state index in [0.717, 1.165) is 38.4 Å².